The van der Waals surface area contributed by atoms with Crippen molar-refractivity contribution < 1.29 is 19.8 Å². The molecule has 0 radical (unpaired) electrons. The Hall–Kier alpha value is -1.34. The first-order chi connectivity index (χ1) is 7.88. The average molecular weight is 247 g/mol. The molecule has 0 saturated heterocycles. The van der Waals surface area contributed by atoms with E-state index in [2.05, 4.69) is 10.6 Å². The molecule has 0 aliphatic rings. The maximum absolute atomic E-state index is 11.4. The van der Waals surface area contributed by atoms with Gasteiger partial charge >= 0.3 is 12.0 Å². The molecule has 2 amide bonds. The Labute approximate surface area is 101 Å². The summed E-state index contributed by atoms with van der Waals surface area (Å²) in [5.41, 5.74) is 0. The molecule has 4 N–H and O–H groups in total. The van der Waals surface area contributed by atoms with E-state index in [0.717, 1.165) is 0 Å². The number of rotatable bonds is 7. The van der Waals surface area contributed by atoms with Crippen LogP contribution >= 0.6 is 0 Å². The largest absolute Gasteiger partial charge is 0.480 e. The highest BCUT2D eigenvalue weighted by molar-refractivity contribution is 5.82. The number of hydrogen-bond donors (Lipinski definition) is 4. The number of nitrogens with zero attached hydrogens (tertiary/aromatic N) is 1. The molecule has 0 spiro atoms. The average Bonchev–Trinajstić information content (AvgIpc) is 2.24. The smallest absolute Gasteiger partial charge is 0.326 e. The zero-order valence-electron chi connectivity index (χ0n) is 10.4. The summed E-state index contributed by atoms with van der Waals surface area (Å²) in [7, 11) is 3.77. The molecular formula is C10H21N3O4. The molecule has 7 heteroatoms. The van der Waals surface area contributed by atoms with Gasteiger partial charge in [-0.3, -0.25) is 0 Å². The number of aliphatic carboxylic acids is 1. The molecule has 0 saturated carbocycles. The van der Waals surface area contributed by atoms with E-state index in [4.69, 9.17) is 10.2 Å². The number of likely N-dealkylation sites (N-methyl/N-ethyl adjacent to an activating group) is 1. The van der Waals surface area contributed by atoms with E-state index in [-0.39, 0.29) is 19.1 Å². The van der Waals surface area contributed by atoms with E-state index in [0.29, 0.717) is 6.54 Å². The number of aliphatic hydroxyl groups is 1. The van der Waals surface area contributed by atoms with Crippen LogP contribution in [0.5, 0.6) is 0 Å². The fraction of sp³-hybridized carbons (Fsp3) is 0.800. The second-order valence-corrected chi connectivity index (χ2v) is 4.07. The fourth-order valence-corrected chi connectivity index (χ4v) is 1.02. The summed E-state index contributed by atoms with van der Waals surface area (Å²) in [5, 5.41) is 22.3. The number of amides is 2. The zero-order chi connectivity index (χ0) is 13.4. The molecule has 0 aromatic carbocycles. The predicted molar refractivity (Wildman–Crippen MR) is 62.8 cm³/mol. The number of carboxylic acid groups (broad SMARTS) is 1. The van der Waals surface area contributed by atoms with Gasteiger partial charge in [0.1, 0.15) is 6.04 Å². The van der Waals surface area contributed by atoms with Gasteiger partial charge in [0.05, 0.1) is 0 Å². The third-order valence-electron chi connectivity index (χ3n) is 2.46. The Balaban J connectivity index is 4.02. The summed E-state index contributed by atoms with van der Waals surface area (Å²) in [6.07, 6.45) is -0.00795. The molecule has 17 heavy (non-hydrogen) atoms. The third-order valence-corrected chi connectivity index (χ3v) is 2.46. The van der Waals surface area contributed by atoms with Crippen LogP contribution in [0.4, 0.5) is 4.79 Å². The maximum Gasteiger partial charge on any atom is 0.326 e. The van der Waals surface area contributed by atoms with Crippen molar-refractivity contribution in [1.29, 1.82) is 0 Å². The number of carboxylic acids is 1. The quantitative estimate of drug-likeness (QED) is 0.465. The van der Waals surface area contributed by atoms with E-state index in [1.807, 2.05) is 25.9 Å². The van der Waals surface area contributed by atoms with Crippen LogP contribution in [0.15, 0.2) is 0 Å². The first-order valence-electron chi connectivity index (χ1n) is 5.43. The number of carbonyl (C=O) groups is 2. The van der Waals surface area contributed by atoms with Crippen molar-refractivity contribution in [1.82, 2.24) is 15.5 Å². The van der Waals surface area contributed by atoms with E-state index >= 15 is 0 Å². The predicted octanol–water partition coefficient (Wildman–Crippen LogP) is -0.929. The van der Waals surface area contributed by atoms with Crippen molar-refractivity contribution in [3.05, 3.63) is 0 Å². The maximum atomic E-state index is 11.4. The monoisotopic (exact) mass is 247 g/mol. The van der Waals surface area contributed by atoms with Gasteiger partial charge in [0.25, 0.3) is 0 Å². The van der Waals surface area contributed by atoms with Gasteiger partial charge in [0.2, 0.25) is 0 Å². The van der Waals surface area contributed by atoms with Crippen molar-refractivity contribution in [3.63, 3.8) is 0 Å². The first-order valence-corrected chi connectivity index (χ1v) is 5.43. The molecule has 0 aromatic heterocycles. The topological polar surface area (TPSA) is 102 Å². The second-order valence-electron chi connectivity index (χ2n) is 4.07. The molecule has 0 bridgehead atoms. The highest BCUT2D eigenvalue weighted by atomic mass is 16.4. The van der Waals surface area contributed by atoms with Crippen molar-refractivity contribution in [2.24, 2.45) is 0 Å². The van der Waals surface area contributed by atoms with Crippen LogP contribution in [-0.2, 0) is 4.79 Å². The van der Waals surface area contributed by atoms with Crippen LogP contribution < -0.4 is 10.6 Å². The van der Waals surface area contributed by atoms with Crippen LogP contribution in [0.25, 0.3) is 0 Å². The van der Waals surface area contributed by atoms with Gasteiger partial charge < -0.3 is 25.7 Å². The summed E-state index contributed by atoms with van der Waals surface area (Å²) in [6.45, 7) is 2.07. The Kier molecular flexibility index (Phi) is 7.24. The molecule has 0 aromatic rings. The summed E-state index contributed by atoms with van der Waals surface area (Å²) in [4.78, 5) is 24.0. The van der Waals surface area contributed by atoms with Crippen LogP contribution in [0, 0.1) is 0 Å². The summed E-state index contributed by atoms with van der Waals surface area (Å²) < 4.78 is 0. The number of nitrogens with one attached hydrogen (secondary N) is 2. The molecule has 100 valence electrons. The van der Waals surface area contributed by atoms with Crippen LogP contribution in [0.2, 0.25) is 0 Å². The molecule has 7 nitrogen and oxygen atoms in total. The lowest BCUT2D eigenvalue weighted by molar-refractivity contribution is -0.139. The lowest BCUT2D eigenvalue weighted by atomic mass is 10.2. The molecule has 0 heterocycles. The van der Waals surface area contributed by atoms with Crippen molar-refractivity contribution in [2.75, 3.05) is 27.2 Å². The number of hydrogen-bond acceptors (Lipinski definition) is 4. The van der Waals surface area contributed by atoms with Gasteiger partial charge in [-0.1, -0.05) is 0 Å². The minimum absolute atomic E-state index is 0.00795. The van der Waals surface area contributed by atoms with E-state index < -0.39 is 18.0 Å². The third kappa shape index (κ3) is 6.75. The lowest BCUT2D eigenvalue weighted by Crippen LogP contribution is -2.49. The molecule has 0 rings (SSSR count). The standard InChI is InChI=1S/C10H21N3O4/c1-7(13(2)3)6-11-10(17)12-8(4-5-14)9(15)16/h7-8,14H,4-6H2,1-3H3,(H,15,16)(H2,11,12,17). The second kappa shape index (κ2) is 7.86. The summed E-state index contributed by atoms with van der Waals surface area (Å²) >= 11 is 0. The van der Waals surface area contributed by atoms with Gasteiger partial charge in [-0.15, -0.1) is 0 Å². The highest BCUT2D eigenvalue weighted by Crippen LogP contribution is 1.92. The highest BCUT2D eigenvalue weighted by Gasteiger charge is 2.19. The molecular weight excluding hydrogens is 226 g/mol. The van der Waals surface area contributed by atoms with E-state index in [1.54, 1.807) is 0 Å². The number of aliphatic hydroxyl groups excluding tert-OH is 1. The molecule has 0 aliphatic carbocycles. The Morgan fingerprint density at radius 3 is 2.35 bits per heavy atom. The minimum Gasteiger partial charge on any atom is -0.480 e. The normalized spacial score (nSPS) is 14.2. The Morgan fingerprint density at radius 2 is 1.94 bits per heavy atom. The molecule has 2 atom stereocenters. The van der Waals surface area contributed by atoms with Crippen LogP contribution in [0.1, 0.15) is 13.3 Å². The number of carbonyl (C=O) groups excluding carboxylic acids is 1. The van der Waals surface area contributed by atoms with Crippen molar-refractivity contribution in [3.8, 4) is 0 Å². The van der Waals surface area contributed by atoms with Crippen LogP contribution in [0.3, 0.4) is 0 Å². The molecule has 0 fully saturated rings. The fourth-order valence-electron chi connectivity index (χ4n) is 1.02. The molecule has 0 aliphatic heterocycles. The van der Waals surface area contributed by atoms with E-state index in [9.17, 15) is 9.59 Å². The Morgan fingerprint density at radius 1 is 1.35 bits per heavy atom. The molecule has 2 unspecified atom stereocenters. The Bertz CT molecular complexity index is 258. The summed E-state index contributed by atoms with van der Waals surface area (Å²) in [5.74, 6) is -1.16. The van der Waals surface area contributed by atoms with Crippen LogP contribution in [-0.4, -0.2) is 66.4 Å². The van der Waals surface area contributed by atoms with Crippen molar-refractivity contribution in [2.45, 2.75) is 25.4 Å². The van der Waals surface area contributed by atoms with Gasteiger partial charge in [0, 0.05) is 25.6 Å². The zero-order valence-corrected chi connectivity index (χ0v) is 10.4. The summed E-state index contributed by atoms with van der Waals surface area (Å²) in [6, 6.07) is -1.45. The SMILES string of the molecule is CC(CNC(=O)NC(CCO)C(=O)O)N(C)C. The van der Waals surface area contributed by atoms with Gasteiger partial charge in [-0.2, -0.15) is 0 Å². The van der Waals surface area contributed by atoms with Crippen molar-refractivity contribution >= 4 is 12.0 Å². The lowest BCUT2D eigenvalue weighted by Gasteiger charge is -2.21. The van der Waals surface area contributed by atoms with Gasteiger partial charge in [0.15, 0.2) is 0 Å². The van der Waals surface area contributed by atoms with Gasteiger partial charge in [-0.25, -0.2) is 9.59 Å². The first kappa shape index (κ1) is 15.7. The number of urea groups is 1. The van der Waals surface area contributed by atoms with Gasteiger partial charge in [-0.05, 0) is 21.0 Å². The van der Waals surface area contributed by atoms with E-state index in [1.165, 1.54) is 0 Å². The minimum atomic E-state index is -1.16.